The fourth-order valence-electron chi connectivity index (χ4n) is 2.20. The number of anilines is 2. The van der Waals surface area contributed by atoms with E-state index in [4.69, 9.17) is 11.6 Å². The number of hydrogen-bond acceptors (Lipinski definition) is 3. The van der Waals surface area contributed by atoms with Crippen molar-refractivity contribution in [2.75, 3.05) is 10.7 Å². The molecule has 0 unspecified atom stereocenters. The molecular weight excluding hydrogens is 262 g/mol. The average molecular weight is 283 g/mol. The highest BCUT2D eigenvalue weighted by molar-refractivity contribution is 6.05. The molecule has 110 valence electrons. The van der Waals surface area contributed by atoms with Crippen LogP contribution in [-0.2, 0) is 6.42 Å². The smallest absolute Gasteiger partial charge is 0.272 e. The molecule has 0 atom stereocenters. The van der Waals surface area contributed by atoms with Crippen molar-refractivity contribution in [1.82, 2.24) is 0 Å². The topological polar surface area (TPSA) is 72.3 Å². The second-order valence-corrected chi connectivity index (χ2v) is 5.52. The standard InChI is InChI=1S/C17H21N3O/c1-12(2)10-14-11-15(8-9-16(14)18)20(19)17(21)13-6-4-3-5-7-13/h3-9,11-12H,10,18-19H2,1-2H3. The third-order valence-corrected chi connectivity index (χ3v) is 3.27. The van der Waals surface area contributed by atoms with Gasteiger partial charge in [-0.2, -0.15) is 0 Å². The Balaban J connectivity index is 2.27. The van der Waals surface area contributed by atoms with Crippen molar-refractivity contribution in [1.29, 1.82) is 0 Å². The van der Waals surface area contributed by atoms with Gasteiger partial charge in [0.05, 0.1) is 5.69 Å². The number of hydrazine groups is 1. The first kappa shape index (κ1) is 15.1. The molecule has 0 saturated carbocycles. The molecular formula is C17H21N3O. The van der Waals surface area contributed by atoms with Crippen LogP contribution in [0.1, 0.15) is 29.8 Å². The Labute approximate surface area is 125 Å². The number of nitrogens with two attached hydrogens (primary N) is 2. The van der Waals surface area contributed by atoms with Crippen LogP contribution in [0.25, 0.3) is 0 Å². The first-order valence-electron chi connectivity index (χ1n) is 7.01. The van der Waals surface area contributed by atoms with Gasteiger partial charge in [0, 0.05) is 11.3 Å². The van der Waals surface area contributed by atoms with Gasteiger partial charge in [0.15, 0.2) is 0 Å². The molecule has 21 heavy (non-hydrogen) atoms. The summed E-state index contributed by atoms with van der Waals surface area (Å²) in [4.78, 5) is 12.3. The van der Waals surface area contributed by atoms with Crippen LogP contribution >= 0.6 is 0 Å². The summed E-state index contributed by atoms with van der Waals surface area (Å²) < 4.78 is 0. The monoisotopic (exact) mass is 283 g/mol. The number of benzene rings is 2. The minimum Gasteiger partial charge on any atom is -0.399 e. The zero-order valence-corrected chi connectivity index (χ0v) is 12.4. The molecule has 4 heteroatoms. The molecule has 2 rings (SSSR count). The molecule has 1 amide bonds. The van der Waals surface area contributed by atoms with Gasteiger partial charge in [0.1, 0.15) is 0 Å². The van der Waals surface area contributed by atoms with Crippen molar-refractivity contribution >= 4 is 17.3 Å². The van der Waals surface area contributed by atoms with Crippen molar-refractivity contribution in [3.05, 3.63) is 59.7 Å². The first-order chi connectivity index (χ1) is 9.99. The molecule has 4 nitrogen and oxygen atoms in total. The van der Waals surface area contributed by atoms with Gasteiger partial charge >= 0.3 is 0 Å². The number of carbonyl (C=O) groups is 1. The molecule has 0 aliphatic rings. The number of nitrogens with zero attached hydrogens (tertiary/aromatic N) is 1. The summed E-state index contributed by atoms with van der Waals surface area (Å²) in [5.74, 6) is 6.21. The van der Waals surface area contributed by atoms with Crippen molar-refractivity contribution < 1.29 is 4.79 Å². The highest BCUT2D eigenvalue weighted by atomic mass is 16.2. The van der Waals surface area contributed by atoms with Crippen LogP contribution < -0.4 is 16.6 Å². The zero-order valence-electron chi connectivity index (χ0n) is 12.4. The predicted molar refractivity (Wildman–Crippen MR) is 86.8 cm³/mol. The van der Waals surface area contributed by atoms with Crippen LogP contribution in [0.15, 0.2) is 48.5 Å². The predicted octanol–water partition coefficient (Wildman–Crippen LogP) is 2.99. The Morgan fingerprint density at radius 2 is 1.81 bits per heavy atom. The van der Waals surface area contributed by atoms with Crippen LogP contribution in [0.2, 0.25) is 0 Å². The Morgan fingerprint density at radius 3 is 2.43 bits per heavy atom. The molecule has 0 radical (unpaired) electrons. The summed E-state index contributed by atoms with van der Waals surface area (Å²) in [5.41, 5.74) is 8.93. The maximum Gasteiger partial charge on any atom is 0.272 e. The van der Waals surface area contributed by atoms with E-state index in [0.717, 1.165) is 17.7 Å². The van der Waals surface area contributed by atoms with Crippen molar-refractivity contribution in [2.24, 2.45) is 11.8 Å². The maximum atomic E-state index is 12.3. The van der Waals surface area contributed by atoms with Gasteiger partial charge < -0.3 is 5.73 Å². The second kappa shape index (κ2) is 6.41. The van der Waals surface area contributed by atoms with Crippen LogP contribution in [0, 0.1) is 5.92 Å². The van der Waals surface area contributed by atoms with E-state index in [0.29, 0.717) is 17.2 Å². The van der Waals surface area contributed by atoms with Crippen molar-refractivity contribution in [3.63, 3.8) is 0 Å². The number of hydrogen-bond donors (Lipinski definition) is 2. The van der Waals surface area contributed by atoms with Gasteiger partial charge in [-0.1, -0.05) is 32.0 Å². The number of carbonyl (C=O) groups excluding carboxylic acids is 1. The van der Waals surface area contributed by atoms with Gasteiger partial charge in [-0.3, -0.25) is 4.79 Å². The van der Waals surface area contributed by atoms with E-state index in [1.165, 1.54) is 5.01 Å². The number of rotatable bonds is 4. The Bertz CT molecular complexity index is 623. The Morgan fingerprint density at radius 1 is 1.14 bits per heavy atom. The molecule has 0 bridgehead atoms. The van der Waals surface area contributed by atoms with E-state index in [9.17, 15) is 4.79 Å². The highest BCUT2D eigenvalue weighted by Gasteiger charge is 2.15. The molecule has 2 aromatic carbocycles. The molecule has 0 aromatic heterocycles. The normalized spacial score (nSPS) is 10.7. The maximum absolute atomic E-state index is 12.3. The van der Waals surface area contributed by atoms with Crippen LogP contribution in [0.4, 0.5) is 11.4 Å². The van der Waals surface area contributed by atoms with Crippen molar-refractivity contribution in [2.45, 2.75) is 20.3 Å². The summed E-state index contributed by atoms with van der Waals surface area (Å²) in [6, 6.07) is 14.4. The molecule has 2 aromatic rings. The third kappa shape index (κ3) is 3.61. The lowest BCUT2D eigenvalue weighted by atomic mass is 10.0. The third-order valence-electron chi connectivity index (χ3n) is 3.27. The van der Waals surface area contributed by atoms with Crippen LogP contribution in [0.5, 0.6) is 0 Å². The van der Waals surface area contributed by atoms with E-state index in [1.54, 1.807) is 24.3 Å². The molecule has 0 saturated heterocycles. The number of amides is 1. The largest absolute Gasteiger partial charge is 0.399 e. The molecule has 0 fully saturated rings. The second-order valence-electron chi connectivity index (χ2n) is 5.52. The van der Waals surface area contributed by atoms with Crippen LogP contribution in [0.3, 0.4) is 0 Å². The van der Waals surface area contributed by atoms with E-state index in [2.05, 4.69) is 13.8 Å². The summed E-state index contributed by atoms with van der Waals surface area (Å²) in [6.45, 7) is 4.25. The molecule has 0 spiro atoms. The Kier molecular flexibility index (Phi) is 4.60. The molecule has 0 aliphatic carbocycles. The Hall–Kier alpha value is -2.33. The minimum absolute atomic E-state index is 0.240. The minimum atomic E-state index is -0.240. The SMILES string of the molecule is CC(C)Cc1cc(N(N)C(=O)c2ccccc2)ccc1N. The van der Waals surface area contributed by atoms with Gasteiger partial charge in [-0.25, -0.2) is 10.9 Å². The van der Waals surface area contributed by atoms with Crippen LogP contribution in [-0.4, -0.2) is 5.91 Å². The molecule has 0 heterocycles. The molecule has 4 N–H and O–H groups in total. The van der Waals surface area contributed by atoms with E-state index in [-0.39, 0.29) is 5.91 Å². The lowest BCUT2D eigenvalue weighted by molar-refractivity contribution is 0.0987. The quantitative estimate of drug-likeness (QED) is 0.392. The summed E-state index contributed by atoms with van der Waals surface area (Å²) in [6.07, 6.45) is 0.854. The fourth-order valence-corrected chi connectivity index (χ4v) is 2.20. The summed E-state index contributed by atoms with van der Waals surface area (Å²) >= 11 is 0. The average Bonchev–Trinajstić information content (AvgIpc) is 2.48. The molecule has 0 aliphatic heterocycles. The van der Waals surface area contributed by atoms with Gasteiger partial charge in [-0.15, -0.1) is 0 Å². The summed E-state index contributed by atoms with van der Waals surface area (Å²) in [5, 5.41) is 1.17. The van der Waals surface area contributed by atoms with E-state index < -0.39 is 0 Å². The van der Waals surface area contributed by atoms with E-state index >= 15 is 0 Å². The van der Waals surface area contributed by atoms with Crippen molar-refractivity contribution in [3.8, 4) is 0 Å². The van der Waals surface area contributed by atoms with Gasteiger partial charge in [0.25, 0.3) is 5.91 Å². The lowest BCUT2D eigenvalue weighted by Crippen LogP contribution is -2.37. The lowest BCUT2D eigenvalue weighted by Gasteiger charge is -2.19. The van der Waals surface area contributed by atoms with Gasteiger partial charge in [-0.05, 0) is 48.2 Å². The first-order valence-corrected chi connectivity index (χ1v) is 7.01. The van der Waals surface area contributed by atoms with Gasteiger partial charge in [0.2, 0.25) is 0 Å². The summed E-state index contributed by atoms with van der Waals surface area (Å²) in [7, 11) is 0. The highest BCUT2D eigenvalue weighted by Crippen LogP contribution is 2.23. The fraction of sp³-hybridized carbons (Fsp3) is 0.235. The zero-order chi connectivity index (χ0) is 15.4. The number of nitrogen functional groups attached to an aromatic ring is 1. The van der Waals surface area contributed by atoms with E-state index in [1.807, 2.05) is 24.3 Å².